The number of rotatable bonds is 4. The van der Waals surface area contributed by atoms with E-state index in [0.717, 1.165) is 17.7 Å². The lowest BCUT2D eigenvalue weighted by Crippen LogP contribution is -2.27. The van der Waals surface area contributed by atoms with Gasteiger partial charge in [-0.3, -0.25) is 9.36 Å². The Labute approximate surface area is 166 Å². The first-order valence-corrected chi connectivity index (χ1v) is 10.1. The second-order valence-corrected chi connectivity index (χ2v) is 7.82. The molecule has 3 aromatic rings. The van der Waals surface area contributed by atoms with Crippen molar-refractivity contribution in [3.8, 4) is 5.69 Å². The van der Waals surface area contributed by atoms with Gasteiger partial charge in [0.25, 0.3) is 5.56 Å². The van der Waals surface area contributed by atoms with Crippen molar-refractivity contribution in [1.82, 2.24) is 9.55 Å². The molecule has 0 radical (unpaired) electrons. The zero-order chi connectivity index (χ0) is 18.8. The standard InChI is InChI=1S/C20H19ClN2O3S/c1-13-4-2-3-5-18(13)23-19(24)16-7-6-14(21)10-17(16)22-20(23)27-11-15-8-9-25-12-26-15/h2-7,10,15H,8-9,11-12H2,1H3/t15-/m1/s1. The molecule has 4 rings (SSSR count). The molecule has 1 aliphatic rings. The minimum atomic E-state index is -0.0960. The SMILES string of the molecule is Cc1ccccc1-n1c(SC[C@H]2CCOCO2)nc2cc(Cl)ccc2c1=O. The van der Waals surface area contributed by atoms with E-state index in [1.165, 1.54) is 11.8 Å². The van der Waals surface area contributed by atoms with Gasteiger partial charge in [-0.1, -0.05) is 41.6 Å². The maximum absolute atomic E-state index is 13.3. The number of aryl methyl sites for hydroxylation is 1. The molecule has 2 aromatic carbocycles. The average Bonchev–Trinajstić information content (AvgIpc) is 2.68. The minimum Gasteiger partial charge on any atom is -0.355 e. The van der Waals surface area contributed by atoms with Gasteiger partial charge in [0.2, 0.25) is 0 Å². The van der Waals surface area contributed by atoms with Gasteiger partial charge in [0.15, 0.2) is 5.16 Å². The molecule has 140 valence electrons. The van der Waals surface area contributed by atoms with Gasteiger partial charge in [-0.25, -0.2) is 4.98 Å². The number of benzene rings is 2. The molecule has 27 heavy (non-hydrogen) atoms. The fourth-order valence-electron chi connectivity index (χ4n) is 3.06. The lowest BCUT2D eigenvalue weighted by Gasteiger charge is -2.23. The van der Waals surface area contributed by atoms with Crippen LogP contribution in [0.15, 0.2) is 52.4 Å². The number of nitrogens with zero attached hydrogens (tertiary/aromatic N) is 2. The van der Waals surface area contributed by atoms with Crippen LogP contribution < -0.4 is 5.56 Å². The zero-order valence-corrected chi connectivity index (χ0v) is 16.4. The van der Waals surface area contributed by atoms with Crippen molar-refractivity contribution < 1.29 is 9.47 Å². The molecular formula is C20H19ClN2O3S. The highest BCUT2D eigenvalue weighted by Gasteiger charge is 2.19. The van der Waals surface area contributed by atoms with Crippen molar-refractivity contribution in [2.45, 2.75) is 24.6 Å². The largest absolute Gasteiger partial charge is 0.355 e. The molecular weight excluding hydrogens is 384 g/mol. The lowest BCUT2D eigenvalue weighted by molar-refractivity contribution is -0.130. The van der Waals surface area contributed by atoms with Crippen molar-refractivity contribution in [3.05, 3.63) is 63.4 Å². The van der Waals surface area contributed by atoms with E-state index in [2.05, 4.69) is 0 Å². The number of aromatic nitrogens is 2. The second-order valence-electron chi connectivity index (χ2n) is 6.40. The van der Waals surface area contributed by atoms with Crippen molar-refractivity contribution in [2.24, 2.45) is 0 Å². The molecule has 0 saturated carbocycles. The molecule has 1 aliphatic heterocycles. The summed E-state index contributed by atoms with van der Waals surface area (Å²) in [6.07, 6.45) is 0.919. The summed E-state index contributed by atoms with van der Waals surface area (Å²) >= 11 is 7.63. The lowest BCUT2D eigenvalue weighted by atomic mass is 10.2. The molecule has 5 nitrogen and oxygen atoms in total. The van der Waals surface area contributed by atoms with Crippen LogP contribution >= 0.6 is 23.4 Å². The first-order valence-electron chi connectivity index (χ1n) is 8.74. The Morgan fingerprint density at radius 2 is 2.15 bits per heavy atom. The fraction of sp³-hybridized carbons (Fsp3) is 0.300. The number of hydrogen-bond acceptors (Lipinski definition) is 5. The topological polar surface area (TPSA) is 53.4 Å². The summed E-state index contributed by atoms with van der Waals surface area (Å²) in [6.45, 7) is 3.00. The monoisotopic (exact) mass is 402 g/mol. The Morgan fingerprint density at radius 1 is 1.30 bits per heavy atom. The van der Waals surface area contributed by atoms with E-state index in [0.29, 0.717) is 40.2 Å². The van der Waals surface area contributed by atoms with Crippen LogP contribution in [-0.2, 0) is 9.47 Å². The smallest absolute Gasteiger partial charge is 0.266 e. The summed E-state index contributed by atoms with van der Waals surface area (Å²) in [6, 6.07) is 13.0. The van der Waals surface area contributed by atoms with Gasteiger partial charge < -0.3 is 9.47 Å². The molecule has 0 amide bonds. The molecule has 1 atom stereocenters. The highest BCUT2D eigenvalue weighted by atomic mass is 35.5. The highest BCUT2D eigenvalue weighted by Crippen LogP contribution is 2.26. The Kier molecular flexibility index (Phi) is 5.50. The average molecular weight is 403 g/mol. The van der Waals surface area contributed by atoms with Crippen molar-refractivity contribution in [3.63, 3.8) is 0 Å². The van der Waals surface area contributed by atoms with Gasteiger partial charge >= 0.3 is 0 Å². The number of fused-ring (bicyclic) bond motifs is 1. The zero-order valence-electron chi connectivity index (χ0n) is 14.9. The van der Waals surface area contributed by atoms with E-state index in [-0.39, 0.29) is 11.7 Å². The maximum atomic E-state index is 13.3. The van der Waals surface area contributed by atoms with Crippen LogP contribution in [0.3, 0.4) is 0 Å². The Morgan fingerprint density at radius 3 is 2.93 bits per heavy atom. The molecule has 7 heteroatoms. The molecule has 1 saturated heterocycles. The third-order valence-electron chi connectivity index (χ3n) is 4.53. The number of thioether (sulfide) groups is 1. The van der Waals surface area contributed by atoms with Crippen LogP contribution in [0.5, 0.6) is 0 Å². The molecule has 2 heterocycles. The van der Waals surface area contributed by atoms with Gasteiger partial charge in [0.05, 0.1) is 29.3 Å². The van der Waals surface area contributed by atoms with Gasteiger partial charge in [-0.15, -0.1) is 0 Å². The van der Waals surface area contributed by atoms with E-state index >= 15 is 0 Å². The predicted molar refractivity (Wildman–Crippen MR) is 108 cm³/mol. The highest BCUT2D eigenvalue weighted by molar-refractivity contribution is 7.99. The second kappa shape index (κ2) is 8.02. The summed E-state index contributed by atoms with van der Waals surface area (Å²) < 4.78 is 12.6. The first-order chi connectivity index (χ1) is 13.1. The minimum absolute atomic E-state index is 0.0843. The summed E-state index contributed by atoms with van der Waals surface area (Å²) in [5.41, 5.74) is 2.36. The molecule has 0 unspecified atom stereocenters. The number of hydrogen-bond donors (Lipinski definition) is 0. The quantitative estimate of drug-likeness (QED) is 0.483. The molecule has 1 fully saturated rings. The molecule has 1 aromatic heterocycles. The number of halogens is 1. The normalized spacial score (nSPS) is 17.3. The number of para-hydroxylation sites is 1. The summed E-state index contributed by atoms with van der Waals surface area (Å²) in [4.78, 5) is 18.0. The first kappa shape index (κ1) is 18.5. The molecule has 0 aliphatic carbocycles. The van der Waals surface area contributed by atoms with Gasteiger partial charge in [0.1, 0.15) is 6.79 Å². The van der Waals surface area contributed by atoms with Gasteiger partial charge in [0, 0.05) is 10.8 Å². The third kappa shape index (κ3) is 3.89. The van der Waals surface area contributed by atoms with Crippen molar-refractivity contribution in [2.75, 3.05) is 19.2 Å². The Balaban J connectivity index is 1.82. The van der Waals surface area contributed by atoms with Crippen molar-refractivity contribution in [1.29, 1.82) is 0 Å². The van der Waals surface area contributed by atoms with Crippen LogP contribution in [0.25, 0.3) is 16.6 Å². The van der Waals surface area contributed by atoms with Gasteiger partial charge in [-0.2, -0.15) is 0 Å². The Hall–Kier alpha value is -1.86. The van der Waals surface area contributed by atoms with Crippen LogP contribution in [0, 0.1) is 6.92 Å². The summed E-state index contributed by atoms with van der Waals surface area (Å²) in [5.74, 6) is 0.702. The Bertz CT molecular complexity index is 1030. The summed E-state index contributed by atoms with van der Waals surface area (Å²) in [7, 11) is 0. The molecule has 0 bridgehead atoms. The molecule has 0 spiro atoms. The van der Waals surface area contributed by atoms with Crippen LogP contribution in [0.1, 0.15) is 12.0 Å². The van der Waals surface area contributed by atoms with E-state index in [1.54, 1.807) is 22.8 Å². The summed E-state index contributed by atoms with van der Waals surface area (Å²) in [5, 5.41) is 1.75. The van der Waals surface area contributed by atoms with Crippen LogP contribution in [-0.4, -0.2) is 34.8 Å². The van der Waals surface area contributed by atoms with E-state index in [9.17, 15) is 4.79 Å². The van der Waals surface area contributed by atoms with Gasteiger partial charge in [-0.05, 0) is 43.2 Å². The third-order valence-corrected chi connectivity index (χ3v) is 5.83. The van der Waals surface area contributed by atoms with E-state index in [4.69, 9.17) is 26.1 Å². The maximum Gasteiger partial charge on any atom is 0.266 e. The fourth-order valence-corrected chi connectivity index (χ4v) is 4.30. The van der Waals surface area contributed by atoms with Crippen LogP contribution in [0.4, 0.5) is 0 Å². The van der Waals surface area contributed by atoms with E-state index in [1.807, 2.05) is 31.2 Å². The van der Waals surface area contributed by atoms with Crippen LogP contribution in [0.2, 0.25) is 5.02 Å². The molecule has 0 N–H and O–H groups in total. The van der Waals surface area contributed by atoms with E-state index < -0.39 is 0 Å². The predicted octanol–water partition coefficient (Wildman–Crippen LogP) is 4.20. The number of ether oxygens (including phenoxy) is 2. The van der Waals surface area contributed by atoms with Crippen molar-refractivity contribution >= 4 is 34.3 Å².